The van der Waals surface area contributed by atoms with Gasteiger partial charge in [-0.25, -0.2) is 0 Å². The predicted octanol–water partition coefficient (Wildman–Crippen LogP) is 13.3. The van der Waals surface area contributed by atoms with E-state index >= 15 is 0 Å². The van der Waals surface area contributed by atoms with Gasteiger partial charge in [-0.1, -0.05) is 147 Å². The zero-order chi connectivity index (χ0) is 31.2. The highest BCUT2D eigenvalue weighted by molar-refractivity contribution is 6.23. The van der Waals surface area contributed by atoms with Crippen LogP contribution in [0, 0.1) is 0 Å². The molecule has 0 N–H and O–H groups in total. The zero-order valence-corrected chi connectivity index (χ0v) is 25.7. The van der Waals surface area contributed by atoms with Crippen LogP contribution in [0.15, 0.2) is 151 Å². The van der Waals surface area contributed by atoms with Crippen molar-refractivity contribution < 1.29 is 4.42 Å². The lowest BCUT2D eigenvalue weighted by Crippen LogP contribution is -1.90. The first-order chi connectivity index (χ1) is 23.2. The largest absolute Gasteiger partial charge is 0.455 e. The van der Waals surface area contributed by atoms with Crippen LogP contribution in [0.4, 0.5) is 0 Å². The topological polar surface area (TPSA) is 13.1 Å². The van der Waals surface area contributed by atoms with Crippen molar-refractivity contribution in [3.8, 4) is 44.5 Å². The Balaban J connectivity index is 1.22. The third-order valence-corrected chi connectivity index (χ3v) is 10.2. The first kappa shape index (κ1) is 26.1. The van der Waals surface area contributed by atoms with Crippen LogP contribution in [0.3, 0.4) is 0 Å². The van der Waals surface area contributed by atoms with Gasteiger partial charge in [0.15, 0.2) is 0 Å². The second-order valence-corrected chi connectivity index (χ2v) is 12.4. The first-order valence-corrected chi connectivity index (χ1v) is 16.1. The molecule has 1 aliphatic rings. The lowest BCUT2D eigenvalue weighted by Gasteiger charge is -2.14. The highest BCUT2D eigenvalue weighted by Crippen LogP contribution is 2.50. The van der Waals surface area contributed by atoms with Gasteiger partial charge in [-0.2, -0.15) is 0 Å². The van der Waals surface area contributed by atoms with E-state index in [0.29, 0.717) is 0 Å². The monoisotopic (exact) mass is 596 g/mol. The van der Waals surface area contributed by atoms with Crippen molar-refractivity contribution in [2.45, 2.75) is 0 Å². The van der Waals surface area contributed by atoms with Crippen LogP contribution in [0.1, 0.15) is 11.1 Å². The van der Waals surface area contributed by atoms with Crippen LogP contribution in [-0.2, 0) is 0 Å². The summed E-state index contributed by atoms with van der Waals surface area (Å²) in [6, 6.07) is 48.4. The molecule has 0 radical (unpaired) electrons. The van der Waals surface area contributed by atoms with E-state index in [0.717, 1.165) is 44.2 Å². The molecule has 9 aromatic rings. The molecule has 0 saturated carbocycles. The van der Waals surface area contributed by atoms with E-state index in [-0.39, 0.29) is 0 Å². The summed E-state index contributed by atoms with van der Waals surface area (Å²) in [6.45, 7) is 8.28. The molecule has 0 unspecified atom stereocenters. The Morgan fingerprint density at radius 1 is 0.383 bits per heavy atom. The number of hydrogen-bond donors (Lipinski definition) is 0. The standard InChI is InChI=1S/C46H28O/c1-3-28-29(4-2)35-23-22-27(26-42(35)34-15-8-5-12-31(28)34)30-16-9-20-41-45-39(19-11-21-43(45)47-46(30)41)36-24-25-40-33-14-7-6-13-32(33)37-17-10-18-38(36)44(37)40/h3-26H,1-2H2. The molecule has 0 bridgehead atoms. The Kier molecular flexibility index (Phi) is 5.36. The Bertz CT molecular complexity index is 2800. The van der Waals surface area contributed by atoms with Crippen molar-refractivity contribution in [1.29, 1.82) is 0 Å². The van der Waals surface area contributed by atoms with Crippen LogP contribution in [0.25, 0.3) is 111 Å². The van der Waals surface area contributed by atoms with E-state index < -0.39 is 0 Å². The molecule has 0 aliphatic heterocycles. The maximum Gasteiger partial charge on any atom is 0.143 e. The third-order valence-electron chi connectivity index (χ3n) is 10.2. The number of fused-ring (bicyclic) bond motifs is 9. The highest BCUT2D eigenvalue weighted by atomic mass is 16.3. The van der Waals surface area contributed by atoms with Crippen LogP contribution in [0.2, 0.25) is 0 Å². The van der Waals surface area contributed by atoms with Crippen LogP contribution >= 0.6 is 0 Å². The number of hydrogen-bond acceptors (Lipinski definition) is 1. The van der Waals surface area contributed by atoms with Crippen molar-refractivity contribution >= 4 is 66.4 Å². The minimum atomic E-state index is 0.896. The minimum absolute atomic E-state index is 0.896. The molecule has 0 amide bonds. The summed E-state index contributed by atoms with van der Waals surface area (Å²) in [6.07, 6.45) is 3.90. The van der Waals surface area contributed by atoms with E-state index in [9.17, 15) is 0 Å². The van der Waals surface area contributed by atoms with Gasteiger partial charge in [0.25, 0.3) is 0 Å². The number of para-hydroxylation sites is 1. The third kappa shape index (κ3) is 3.49. The van der Waals surface area contributed by atoms with Crippen molar-refractivity contribution in [3.63, 3.8) is 0 Å². The summed E-state index contributed by atoms with van der Waals surface area (Å²) in [7, 11) is 0. The maximum atomic E-state index is 6.77. The lowest BCUT2D eigenvalue weighted by atomic mass is 9.89. The quantitative estimate of drug-likeness (QED) is 0.184. The Labute approximate surface area is 272 Å². The molecule has 47 heavy (non-hydrogen) atoms. The molecule has 1 nitrogen and oxygen atoms in total. The SMILES string of the molecule is C=Cc1c(C=C)c2ccc(-c3cccc4c3oc3cccc(-c5ccc6c7c(cccc57)-c5ccccc5-6)c34)cc2c2ccccc12. The van der Waals surface area contributed by atoms with Gasteiger partial charge in [0.2, 0.25) is 0 Å². The summed E-state index contributed by atoms with van der Waals surface area (Å²) in [4.78, 5) is 0. The Hall–Kier alpha value is -6.18. The van der Waals surface area contributed by atoms with E-state index in [4.69, 9.17) is 4.42 Å². The Morgan fingerprint density at radius 2 is 0.936 bits per heavy atom. The molecule has 10 rings (SSSR count). The minimum Gasteiger partial charge on any atom is -0.455 e. The fourth-order valence-corrected chi connectivity index (χ4v) is 8.20. The van der Waals surface area contributed by atoms with Crippen LogP contribution in [0.5, 0.6) is 0 Å². The molecule has 8 aromatic carbocycles. The van der Waals surface area contributed by atoms with Crippen molar-refractivity contribution in [2.24, 2.45) is 0 Å². The number of benzene rings is 8. The summed E-state index contributed by atoms with van der Waals surface area (Å²) >= 11 is 0. The van der Waals surface area contributed by atoms with E-state index in [1.165, 1.54) is 65.7 Å². The first-order valence-electron chi connectivity index (χ1n) is 16.1. The van der Waals surface area contributed by atoms with Crippen LogP contribution < -0.4 is 0 Å². The molecule has 1 aromatic heterocycles. The second kappa shape index (κ2) is 9.66. The Morgan fingerprint density at radius 3 is 1.70 bits per heavy atom. The molecular formula is C46H28O. The van der Waals surface area contributed by atoms with Gasteiger partial charge in [-0.05, 0) is 94.5 Å². The lowest BCUT2D eigenvalue weighted by molar-refractivity contribution is 0.670. The molecule has 1 aliphatic carbocycles. The van der Waals surface area contributed by atoms with Gasteiger partial charge < -0.3 is 4.42 Å². The zero-order valence-electron chi connectivity index (χ0n) is 25.7. The average Bonchev–Trinajstić information content (AvgIpc) is 3.68. The summed E-state index contributed by atoms with van der Waals surface area (Å²) in [5.41, 5.74) is 13.9. The van der Waals surface area contributed by atoms with Crippen molar-refractivity contribution in [3.05, 3.63) is 158 Å². The van der Waals surface area contributed by atoms with Crippen LogP contribution in [-0.4, -0.2) is 0 Å². The van der Waals surface area contributed by atoms with E-state index in [2.05, 4.69) is 147 Å². The number of furan rings is 1. The van der Waals surface area contributed by atoms with Gasteiger partial charge in [0, 0.05) is 16.3 Å². The molecule has 0 atom stereocenters. The molecule has 1 heterocycles. The predicted molar refractivity (Wildman–Crippen MR) is 202 cm³/mol. The molecule has 0 spiro atoms. The van der Waals surface area contributed by atoms with Gasteiger partial charge >= 0.3 is 0 Å². The summed E-state index contributed by atoms with van der Waals surface area (Å²) in [5.74, 6) is 0. The molecular weight excluding hydrogens is 569 g/mol. The molecule has 0 saturated heterocycles. The smallest absolute Gasteiger partial charge is 0.143 e. The highest BCUT2D eigenvalue weighted by Gasteiger charge is 2.24. The van der Waals surface area contributed by atoms with Gasteiger partial charge in [-0.3, -0.25) is 0 Å². The van der Waals surface area contributed by atoms with E-state index in [1.54, 1.807) is 0 Å². The number of rotatable bonds is 4. The van der Waals surface area contributed by atoms with Gasteiger partial charge in [0.1, 0.15) is 11.2 Å². The van der Waals surface area contributed by atoms with Gasteiger partial charge in [-0.15, -0.1) is 0 Å². The molecule has 0 fully saturated rings. The fraction of sp³-hybridized carbons (Fsp3) is 0. The average molecular weight is 597 g/mol. The van der Waals surface area contributed by atoms with E-state index in [1.807, 2.05) is 12.2 Å². The normalized spacial score (nSPS) is 12.0. The second-order valence-electron chi connectivity index (χ2n) is 12.4. The van der Waals surface area contributed by atoms with Gasteiger partial charge in [0.05, 0.1) is 0 Å². The summed E-state index contributed by atoms with van der Waals surface area (Å²) in [5, 5.41) is 9.63. The van der Waals surface area contributed by atoms with Crippen molar-refractivity contribution in [2.75, 3.05) is 0 Å². The summed E-state index contributed by atoms with van der Waals surface area (Å²) < 4.78 is 6.77. The fourth-order valence-electron chi connectivity index (χ4n) is 8.20. The maximum absolute atomic E-state index is 6.77. The molecule has 1 heteroatoms. The van der Waals surface area contributed by atoms with Crippen molar-refractivity contribution in [1.82, 2.24) is 0 Å². The molecule has 218 valence electrons.